The van der Waals surface area contributed by atoms with Crippen LogP contribution in [0.1, 0.15) is 62.2 Å². The van der Waals surface area contributed by atoms with Gasteiger partial charge in [0.05, 0.1) is 0 Å². The fourth-order valence-corrected chi connectivity index (χ4v) is 2.87. The average Bonchev–Trinajstić information content (AvgIpc) is 2.65. The smallest absolute Gasteiger partial charge is 0.311 e. The van der Waals surface area contributed by atoms with E-state index in [1.807, 2.05) is 24.3 Å². The average molecular weight is 373 g/mol. The number of unbranched alkanes of at least 4 members (excludes halogenated alkanes) is 5. The summed E-state index contributed by atoms with van der Waals surface area (Å²) in [6.45, 7) is 2.19. The van der Waals surface area contributed by atoms with Crippen molar-refractivity contribution in [3.05, 3.63) is 54.1 Å². The first-order chi connectivity index (χ1) is 12.6. The van der Waals surface area contributed by atoms with Gasteiger partial charge >= 0.3 is 5.97 Å². The summed E-state index contributed by atoms with van der Waals surface area (Å²) in [6, 6.07) is 14.4. The zero-order chi connectivity index (χ0) is 18.8. The molecule has 0 saturated carbocycles. The summed E-state index contributed by atoms with van der Waals surface area (Å²) in [6.07, 6.45) is 7.34. The zero-order valence-corrected chi connectivity index (χ0v) is 15.9. The molecule has 0 saturated heterocycles. The van der Waals surface area contributed by atoms with Crippen molar-refractivity contribution in [2.45, 2.75) is 51.9 Å². The van der Waals surface area contributed by atoms with Gasteiger partial charge in [0, 0.05) is 12.0 Å². The third-order valence-corrected chi connectivity index (χ3v) is 4.48. The van der Waals surface area contributed by atoms with Gasteiger partial charge in [-0.1, -0.05) is 63.3 Å². The number of carbonyl (C=O) groups excluding carboxylic acids is 2. The first kappa shape index (κ1) is 20.2. The molecule has 2 aromatic carbocycles. The number of rotatable bonds is 10. The molecule has 0 aliphatic rings. The molecular weight excluding hydrogens is 348 g/mol. The van der Waals surface area contributed by atoms with E-state index in [0.29, 0.717) is 17.7 Å². The minimum Gasteiger partial charge on any atom is -0.427 e. The van der Waals surface area contributed by atoms with Crippen LogP contribution in [-0.4, -0.2) is 11.2 Å². The third-order valence-electron chi connectivity index (χ3n) is 4.27. The Bertz CT molecular complexity index is 705. The van der Waals surface area contributed by atoms with Crippen LogP contribution in [0.5, 0.6) is 5.75 Å². The van der Waals surface area contributed by atoms with Crippen LogP contribution in [0.3, 0.4) is 0 Å². The minimum absolute atomic E-state index is 0.182. The number of ether oxygens (including phenoxy) is 1. The van der Waals surface area contributed by atoms with Gasteiger partial charge in [-0.2, -0.15) is 0 Å². The molecule has 0 amide bonds. The summed E-state index contributed by atoms with van der Waals surface area (Å²) in [4.78, 5) is 23.0. The van der Waals surface area contributed by atoms with Crippen LogP contribution in [0.4, 0.5) is 0 Å². The van der Waals surface area contributed by atoms with Crippen LogP contribution in [-0.2, 0) is 4.79 Å². The van der Waals surface area contributed by atoms with E-state index in [2.05, 4.69) is 6.92 Å². The van der Waals surface area contributed by atoms with Crippen molar-refractivity contribution in [2.24, 2.45) is 0 Å². The molecule has 0 aromatic heterocycles. The molecule has 0 bridgehead atoms. The van der Waals surface area contributed by atoms with Crippen LogP contribution in [0, 0.1) is 0 Å². The van der Waals surface area contributed by atoms with Crippen molar-refractivity contribution in [2.75, 3.05) is 0 Å². The molecule has 0 fully saturated rings. The second-order valence-electron chi connectivity index (χ2n) is 6.37. The Labute approximate surface area is 160 Å². The fourth-order valence-electron chi connectivity index (χ4n) is 2.74. The highest BCUT2D eigenvalue weighted by molar-refractivity contribution is 6.67. The minimum atomic E-state index is -0.468. The molecule has 4 heteroatoms. The standard InChI is InChI=1S/C22H25ClO3/c1-2-3-4-5-6-7-8-21(24)26-20-15-13-18(14-16-20)17-9-11-19(12-10-17)22(23)25/h9-16H,2-8H2,1H3. The number of halogens is 1. The summed E-state index contributed by atoms with van der Waals surface area (Å²) in [5, 5.41) is -0.468. The quantitative estimate of drug-likeness (QED) is 0.210. The van der Waals surface area contributed by atoms with Crippen LogP contribution < -0.4 is 4.74 Å². The highest BCUT2D eigenvalue weighted by Crippen LogP contribution is 2.23. The third kappa shape index (κ3) is 6.64. The van der Waals surface area contributed by atoms with Crippen molar-refractivity contribution < 1.29 is 14.3 Å². The summed E-state index contributed by atoms with van der Waals surface area (Å²) in [5.74, 6) is 0.371. The molecule has 0 unspecified atom stereocenters. The van der Waals surface area contributed by atoms with Gasteiger partial charge in [0.25, 0.3) is 5.24 Å². The second kappa shape index (κ2) is 10.8. The molecule has 0 aliphatic heterocycles. The van der Waals surface area contributed by atoms with Gasteiger partial charge in [-0.3, -0.25) is 9.59 Å². The van der Waals surface area contributed by atoms with Crippen LogP contribution in [0.2, 0.25) is 0 Å². The van der Waals surface area contributed by atoms with E-state index in [1.165, 1.54) is 25.7 Å². The summed E-state index contributed by atoms with van der Waals surface area (Å²) < 4.78 is 5.38. The van der Waals surface area contributed by atoms with Gasteiger partial charge in [0.2, 0.25) is 0 Å². The van der Waals surface area contributed by atoms with Gasteiger partial charge in [0.15, 0.2) is 0 Å². The Kier molecular flexibility index (Phi) is 8.36. The molecule has 138 valence electrons. The summed E-state index contributed by atoms with van der Waals surface area (Å²) in [7, 11) is 0. The van der Waals surface area contributed by atoms with Crippen molar-refractivity contribution >= 4 is 22.8 Å². The Balaban J connectivity index is 1.81. The molecule has 0 radical (unpaired) electrons. The van der Waals surface area contributed by atoms with Crippen molar-refractivity contribution in [1.29, 1.82) is 0 Å². The van der Waals surface area contributed by atoms with Gasteiger partial charge < -0.3 is 4.74 Å². The lowest BCUT2D eigenvalue weighted by Gasteiger charge is -2.06. The predicted molar refractivity (Wildman–Crippen MR) is 106 cm³/mol. The van der Waals surface area contributed by atoms with E-state index in [1.54, 1.807) is 24.3 Å². The molecule has 26 heavy (non-hydrogen) atoms. The van der Waals surface area contributed by atoms with Crippen LogP contribution >= 0.6 is 11.6 Å². The molecule has 2 aromatic rings. The lowest BCUT2D eigenvalue weighted by Crippen LogP contribution is -2.07. The van der Waals surface area contributed by atoms with E-state index in [-0.39, 0.29) is 5.97 Å². The van der Waals surface area contributed by atoms with Gasteiger partial charge in [-0.05, 0) is 53.4 Å². The van der Waals surface area contributed by atoms with E-state index >= 15 is 0 Å². The van der Waals surface area contributed by atoms with Crippen molar-refractivity contribution in [3.63, 3.8) is 0 Å². The van der Waals surface area contributed by atoms with Gasteiger partial charge in [-0.15, -0.1) is 0 Å². The first-order valence-corrected chi connectivity index (χ1v) is 9.59. The second-order valence-corrected chi connectivity index (χ2v) is 6.71. The molecule has 3 nitrogen and oxygen atoms in total. The SMILES string of the molecule is CCCCCCCCC(=O)Oc1ccc(-c2ccc(C(=O)Cl)cc2)cc1. The number of benzene rings is 2. The van der Waals surface area contributed by atoms with Crippen molar-refractivity contribution in [1.82, 2.24) is 0 Å². The largest absolute Gasteiger partial charge is 0.427 e. The topological polar surface area (TPSA) is 43.4 Å². The number of hydrogen-bond donors (Lipinski definition) is 0. The highest BCUT2D eigenvalue weighted by atomic mass is 35.5. The normalized spacial score (nSPS) is 10.5. The number of esters is 1. The first-order valence-electron chi connectivity index (χ1n) is 9.21. The summed E-state index contributed by atoms with van der Waals surface area (Å²) in [5.41, 5.74) is 2.42. The maximum absolute atomic E-state index is 11.9. The van der Waals surface area contributed by atoms with Crippen molar-refractivity contribution in [3.8, 4) is 16.9 Å². The molecule has 0 spiro atoms. The van der Waals surface area contributed by atoms with Gasteiger partial charge in [0.1, 0.15) is 5.75 Å². The lowest BCUT2D eigenvalue weighted by atomic mass is 10.0. The van der Waals surface area contributed by atoms with Crippen LogP contribution in [0.25, 0.3) is 11.1 Å². The Morgan fingerprint density at radius 2 is 1.35 bits per heavy atom. The van der Waals surface area contributed by atoms with E-state index < -0.39 is 5.24 Å². The van der Waals surface area contributed by atoms with Gasteiger partial charge in [-0.25, -0.2) is 0 Å². The molecule has 2 rings (SSSR count). The molecule has 0 aliphatic carbocycles. The zero-order valence-electron chi connectivity index (χ0n) is 15.2. The number of carbonyl (C=O) groups is 2. The maximum Gasteiger partial charge on any atom is 0.311 e. The monoisotopic (exact) mass is 372 g/mol. The lowest BCUT2D eigenvalue weighted by molar-refractivity contribution is -0.134. The van der Waals surface area contributed by atoms with E-state index in [9.17, 15) is 9.59 Å². The molecule has 0 atom stereocenters. The Hall–Kier alpha value is -2.13. The molecular formula is C22H25ClO3. The Morgan fingerprint density at radius 1 is 0.808 bits per heavy atom. The van der Waals surface area contributed by atoms with Crippen LogP contribution in [0.15, 0.2) is 48.5 Å². The fraction of sp³-hybridized carbons (Fsp3) is 0.364. The van der Waals surface area contributed by atoms with E-state index in [0.717, 1.165) is 24.0 Å². The predicted octanol–water partition coefficient (Wildman–Crippen LogP) is 6.39. The Morgan fingerprint density at radius 3 is 1.92 bits per heavy atom. The molecule has 0 N–H and O–H groups in total. The summed E-state index contributed by atoms with van der Waals surface area (Å²) >= 11 is 5.45. The highest BCUT2D eigenvalue weighted by Gasteiger charge is 2.06. The van der Waals surface area contributed by atoms with E-state index in [4.69, 9.17) is 16.3 Å². The molecule has 0 heterocycles. The number of hydrogen-bond acceptors (Lipinski definition) is 3. The maximum atomic E-state index is 11.9.